The SMILES string of the molecule is Cc1cc(C(=O)NCC(C)(C)N2CCCCC2)c(C)s1. The van der Waals surface area contributed by atoms with Crippen LogP contribution in [0, 0.1) is 13.8 Å². The number of amides is 1. The van der Waals surface area contributed by atoms with Gasteiger partial charge in [-0.15, -0.1) is 11.3 Å². The number of piperidine rings is 1. The largest absolute Gasteiger partial charge is 0.350 e. The molecule has 2 heterocycles. The van der Waals surface area contributed by atoms with Crippen molar-refractivity contribution in [1.82, 2.24) is 10.2 Å². The second-order valence-corrected chi connectivity index (χ2v) is 7.83. The van der Waals surface area contributed by atoms with Gasteiger partial charge in [0.1, 0.15) is 0 Å². The minimum atomic E-state index is 0.0368. The summed E-state index contributed by atoms with van der Waals surface area (Å²) in [6.07, 6.45) is 3.90. The van der Waals surface area contributed by atoms with Crippen LogP contribution in [0.3, 0.4) is 0 Å². The minimum Gasteiger partial charge on any atom is -0.350 e. The Kier molecular flexibility index (Phi) is 4.86. The van der Waals surface area contributed by atoms with E-state index in [-0.39, 0.29) is 11.4 Å². The first-order valence-corrected chi connectivity index (χ1v) is 8.32. The molecular weight excluding hydrogens is 268 g/mol. The van der Waals surface area contributed by atoms with Crippen molar-refractivity contribution < 1.29 is 4.79 Å². The first-order chi connectivity index (χ1) is 9.40. The van der Waals surface area contributed by atoms with Gasteiger partial charge in [0, 0.05) is 21.8 Å². The highest BCUT2D eigenvalue weighted by Gasteiger charge is 2.28. The molecule has 0 aliphatic carbocycles. The molecule has 0 unspecified atom stereocenters. The van der Waals surface area contributed by atoms with E-state index >= 15 is 0 Å². The quantitative estimate of drug-likeness (QED) is 0.923. The number of rotatable bonds is 4. The molecule has 1 saturated heterocycles. The van der Waals surface area contributed by atoms with Gasteiger partial charge in [0.05, 0.1) is 5.56 Å². The maximum atomic E-state index is 12.3. The van der Waals surface area contributed by atoms with Crippen molar-refractivity contribution in [2.45, 2.75) is 52.5 Å². The zero-order chi connectivity index (χ0) is 14.8. The number of carbonyl (C=O) groups excluding carboxylic acids is 1. The fraction of sp³-hybridized carbons (Fsp3) is 0.688. The van der Waals surface area contributed by atoms with E-state index in [0.717, 1.165) is 23.5 Å². The van der Waals surface area contributed by atoms with Gasteiger partial charge in [-0.25, -0.2) is 0 Å². The number of likely N-dealkylation sites (tertiary alicyclic amines) is 1. The molecule has 1 aliphatic rings. The van der Waals surface area contributed by atoms with Gasteiger partial charge in [0.2, 0.25) is 0 Å². The molecule has 0 radical (unpaired) electrons. The van der Waals surface area contributed by atoms with Crippen molar-refractivity contribution >= 4 is 17.2 Å². The maximum absolute atomic E-state index is 12.3. The average Bonchev–Trinajstić information content (AvgIpc) is 2.76. The van der Waals surface area contributed by atoms with Crippen LogP contribution in [0.2, 0.25) is 0 Å². The summed E-state index contributed by atoms with van der Waals surface area (Å²) in [7, 11) is 0. The number of carbonyl (C=O) groups is 1. The Morgan fingerprint density at radius 2 is 1.95 bits per heavy atom. The Morgan fingerprint density at radius 1 is 1.30 bits per heavy atom. The Morgan fingerprint density at radius 3 is 2.50 bits per heavy atom. The van der Waals surface area contributed by atoms with Gasteiger partial charge in [-0.05, 0) is 59.7 Å². The van der Waals surface area contributed by atoms with E-state index in [4.69, 9.17) is 0 Å². The average molecular weight is 294 g/mol. The predicted octanol–water partition coefficient (Wildman–Crippen LogP) is 3.36. The Hall–Kier alpha value is -0.870. The molecule has 1 N–H and O–H groups in total. The fourth-order valence-electron chi connectivity index (χ4n) is 2.86. The second kappa shape index (κ2) is 6.27. The number of nitrogens with zero attached hydrogens (tertiary/aromatic N) is 1. The second-order valence-electron chi connectivity index (χ2n) is 6.37. The number of aryl methyl sites for hydroxylation is 2. The molecule has 3 nitrogen and oxygen atoms in total. The van der Waals surface area contributed by atoms with E-state index in [2.05, 4.69) is 24.1 Å². The molecule has 20 heavy (non-hydrogen) atoms. The van der Waals surface area contributed by atoms with Gasteiger partial charge in [-0.2, -0.15) is 0 Å². The fourth-order valence-corrected chi connectivity index (χ4v) is 3.78. The lowest BCUT2D eigenvalue weighted by molar-refractivity contribution is 0.0797. The molecule has 0 saturated carbocycles. The molecule has 1 aromatic heterocycles. The molecule has 1 fully saturated rings. The summed E-state index contributed by atoms with van der Waals surface area (Å²) < 4.78 is 0. The van der Waals surface area contributed by atoms with Gasteiger partial charge in [0.15, 0.2) is 0 Å². The van der Waals surface area contributed by atoms with E-state index in [9.17, 15) is 4.79 Å². The van der Waals surface area contributed by atoms with Gasteiger partial charge in [-0.1, -0.05) is 6.42 Å². The van der Waals surface area contributed by atoms with Crippen molar-refractivity contribution in [1.29, 1.82) is 0 Å². The Balaban J connectivity index is 1.93. The molecule has 4 heteroatoms. The van der Waals surface area contributed by atoms with Gasteiger partial charge in [0.25, 0.3) is 5.91 Å². The van der Waals surface area contributed by atoms with Crippen LogP contribution < -0.4 is 5.32 Å². The van der Waals surface area contributed by atoms with Crippen LogP contribution in [0.4, 0.5) is 0 Å². The third-order valence-electron chi connectivity index (χ3n) is 4.18. The number of thiophene rings is 1. The molecule has 0 spiro atoms. The number of hydrogen-bond donors (Lipinski definition) is 1. The highest BCUT2D eigenvalue weighted by Crippen LogP contribution is 2.22. The lowest BCUT2D eigenvalue weighted by Gasteiger charge is -2.41. The van der Waals surface area contributed by atoms with Crippen LogP contribution in [-0.2, 0) is 0 Å². The summed E-state index contributed by atoms with van der Waals surface area (Å²) in [5.41, 5.74) is 0.872. The molecule has 0 atom stereocenters. The monoisotopic (exact) mass is 294 g/mol. The van der Waals surface area contributed by atoms with Crippen LogP contribution in [-0.4, -0.2) is 36.0 Å². The normalized spacial score (nSPS) is 17.2. The third kappa shape index (κ3) is 3.61. The highest BCUT2D eigenvalue weighted by molar-refractivity contribution is 7.12. The maximum Gasteiger partial charge on any atom is 0.252 e. The zero-order valence-corrected chi connectivity index (χ0v) is 13.9. The third-order valence-corrected chi connectivity index (χ3v) is 5.15. The van der Waals surface area contributed by atoms with E-state index in [0.29, 0.717) is 6.54 Å². The topological polar surface area (TPSA) is 32.3 Å². The lowest BCUT2D eigenvalue weighted by atomic mass is 9.98. The van der Waals surface area contributed by atoms with Crippen molar-refractivity contribution in [3.8, 4) is 0 Å². The van der Waals surface area contributed by atoms with Gasteiger partial charge in [-0.3, -0.25) is 9.69 Å². The van der Waals surface area contributed by atoms with Crippen LogP contribution in [0.5, 0.6) is 0 Å². The van der Waals surface area contributed by atoms with Crippen molar-refractivity contribution in [3.63, 3.8) is 0 Å². The highest BCUT2D eigenvalue weighted by atomic mass is 32.1. The first kappa shape index (κ1) is 15.5. The molecule has 2 rings (SSSR count). The molecule has 1 aromatic rings. The van der Waals surface area contributed by atoms with Crippen LogP contribution >= 0.6 is 11.3 Å². The molecule has 1 amide bonds. The molecule has 0 aromatic carbocycles. The summed E-state index contributed by atoms with van der Waals surface area (Å²) in [6.45, 7) is 11.5. The molecule has 1 aliphatic heterocycles. The molecule has 0 bridgehead atoms. The number of nitrogens with one attached hydrogen (secondary N) is 1. The van der Waals surface area contributed by atoms with Crippen LogP contribution in [0.25, 0.3) is 0 Å². The first-order valence-electron chi connectivity index (χ1n) is 7.50. The minimum absolute atomic E-state index is 0.0368. The van der Waals surface area contributed by atoms with Crippen LogP contribution in [0.15, 0.2) is 6.07 Å². The smallest absolute Gasteiger partial charge is 0.252 e. The summed E-state index contributed by atoms with van der Waals surface area (Å²) in [5.74, 6) is 0.0666. The van der Waals surface area contributed by atoms with E-state index < -0.39 is 0 Å². The summed E-state index contributed by atoms with van der Waals surface area (Å²) in [4.78, 5) is 17.1. The summed E-state index contributed by atoms with van der Waals surface area (Å²) >= 11 is 1.69. The summed E-state index contributed by atoms with van der Waals surface area (Å²) in [5, 5.41) is 3.12. The van der Waals surface area contributed by atoms with Gasteiger partial charge < -0.3 is 5.32 Å². The van der Waals surface area contributed by atoms with E-state index in [1.807, 2.05) is 19.9 Å². The van der Waals surface area contributed by atoms with Crippen molar-refractivity contribution in [2.24, 2.45) is 0 Å². The zero-order valence-electron chi connectivity index (χ0n) is 13.1. The van der Waals surface area contributed by atoms with Gasteiger partial charge >= 0.3 is 0 Å². The van der Waals surface area contributed by atoms with Crippen LogP contribution in [0.1, 0.15) is 53.2 Å². The molecular formula is C16H26N2OS. The number of hydrogen-bond acceptors (Lipinski definition) is 3. The van der Waals surface area contributed by atoms with Crippen molar-refractivity contribution in [2.75, 3.05) is 19.6 Å². The van der Waals surface area contributed by atoms with Crippen molar-refractivity contribution in [3.05, 3.63) is 21.4 Å². The predicted molar refractivity (Wildman–Crippen MR) is 85.6 cm³/mol. The summed E-state index contributed by atoms with van der Waals surface area (Å²) in [6, 6.07) is 1.99. The lowest BCUT2D eigenvalue weighted by Crippen LogP contribution is -2.53. The van der Waals surface area contributed by atoms with E-state index in [1.165, 1.54) is 24.1 Å². The Bertz CT molecular complexity index is 473. The molecule has 112 valence electrons. The Labute approximate surface area is 126 Å². The van der Waals surface area contributed by atoms with E-state index in [1.54, 1.807) is 11.3 Å². The standard InChI is InChI=1S/C16H26N2OS/c1-12-10-14(13(2)20-12)15(19)17-11-16(3,4)18-8-6-5-7-9-18/h10H,5-9,11H2,1-4H3,(H,17,19).